The Kier molecular flexibility index (Phi) is 2.40. The van der Waals surface area contributed by atoms with Crippen LogP contribution in [0.3, 0.4) is 0 Å². The van der Waals surface area contributed by atoms with Crippen LogP contribution in [0, 0.1) is 0 Å². The van der Waals surface area contributed by atoms with Crippen LogP contribution in [0.15, 0.2) is 30.7 Å². The first-order valence-electron chi connectivity index (χ1n) is 4.29. The number of carbonyl (C=O) groups is 1. The summed E-state index contributed by atoms with van der Waals surface area (Å²) in [5, 5.41) is 12.6. The zero-order valence-corrected chi connectivity index (χ0v) is 7.74. The van der Waals surface area contributed by atoms with E-state index in [0.29, 0.717) is 11.6 Å². The molecule has 0 aromatic carbocycles. The third kappa shape index (κ3) is 2.16. The minimum Gasteiger partial charge on any atom is -0.481 e. The van der Waals surface area contributed by atoms with E-state index in [1.54, 1.807) is 30.7 Å². The summed E-state index contributed by atoms with van der Waals surface area (Å²) in [6, 6.07) is 3.33. The molecule has 6 nitrogen and oxygen atoms in total. The van der Waals surface area contributed by atoms with Crippen LogP contribution >= 0.6 is 0 Å². The van der Waals surface area contributed by atoms with Crippen molar-refractivity contribution in [1.29, 1.82) is 0 Å². The van der Waals surface area contributed by atoms with E-state index in [-0.39, 0.29) is 6.42 Å². The van der Waals surface area contributed by atoms with Crippen molar-refractivity contribution in [2.45, 2.75) is 6.42 Å². The third-order valence-corrected chi connectivity index (χ3v) is 1.73. The van der Waals surface area contributed by atoms with Gasteiger partial charge in [-0.3, -0.25) is 4.79 Å². The van der Waals surface area contributed by atoms with E-state index < -0.39 is 5.97 Å². The maximum absolute atomic E-state index is 10.4. The lowest BCUT2D eigenvalue weighted by molar-refractivity contribution is -0.136. The lowest BCUT2D eigenvalue weighted by Gasteiger charge is -1.96. The molecular formula is C9H8N4O2. The van der Waals surface area contributed by atoms with Gasteiger partial charge in [-0.05, 0) is 12.1 Å². The Morgan fingerprint density at radius 3 is 2.80 bits per heavy atom. The van der Waals surface area contributed by atoms with Crippen LogP contribution in [0.1, 0.15) is 5.69 Å². The Balaban J connectivity index is 2.24. The van der Waals surface area contributed by atoms with Crippen molar-refractivity contribution < 1.29 is 9.90 Å². The fourth-order valence-corrected chi connectivity index (χ4v) is 1.13. The van der Waals surface area contributed by atoms with Crippen molar-refractivity contribution in [3.63, 3.8) is 0 Å². The SMILES string of the molecule is O=C(O)Cc1ccn(-c2ncccn2)n1. The Bertz CT molecular complexity index is 466. The second-order valence-electron chi connectivity index (χ2n) is 2.87. The molecule has 0 bridgehead atoms. The molecule has 6 heteroatoms. The summed E-state index contributed by atoms with van der Waals surface area (Å²) >= 11 is 0. The van der Waals surface area contributed by atoms with Crippen molar-refractivity contribution in [3.05, 3.63) is 36.4 Å². The molecule has 0 unspecified atom stereocenters. The summed E-state index contributed by atoms with van der Waals surface area (Å²) in [5.74, 6) is -0.483. The molecule has 1 N–H and O–H groups in total. The average molecular weight is 204 g/mol. The van der Waals surface area contributed by atoms with Crippen LogP contribution in [-0.4, -0.2) is 30.8 Å². The van der Waals surface area contributed by atoms with E-state index in [1.165, 1.54) is 4.68 Å². The maximum Gasteiger partial charge on any atom is 0.309 e. The highest BCUT2D eigenvalue weighted by molar-refractivity contribution is 5.69. The van der Waals surface area contributed by atoms with Crippen LogP contribution in [0.4, 0.5) is 0 Å². The molecule has 2 heterocycles. The molecule has 2 rings (SSSR count). The third-order valence-electron chi connectivity index (χ3n) is 1.73. The molecule has 0 fully saturated rings. The summed E-state index contributed by atoms with van der Waals surface area (Å²) in [5.41, 5.74) is 0.481. The lowest BCUT2D eigenvalue weighted by Crippen LogP contribution is -2.04. The molecule has 0 saturated carbocycles. The van der Waals surface area contributed by atoms with Gasteiger partial charge in [0.05, 0.1) is 12.1 Å². The summed E-state index contributed by atoms with van der Waals surface area (Å²) in [4.78, 5) is 18.4. The topological polar surface area (TPSA) is 80.9 Å². The van der Waals surface area contributed by atoms with Crippen molar-refractivity contribution >= 4 is 5.97 Å². The summed E-state index contributed by atoms with van der Waals surface area (Å²) in [6.07, 6.45) is 4.73. The quantitative estimate of drug-likeness (QED) is 0.777. The predicted molar refractivity (Wildman–Crippen MR) is 50.5 cm³/mol. The van der Waals surface area contributed by atoms with E-state index >= 15 is 0 Å². The van der Waals surface area contributed by atoms with Gasteiger partial charge < -0.3 is 5.11 Å². The molecule has 0 spiro atoms. The van der Waals surface area contributed by atoms with Gasteiger partial charge in [0.1, 0.15) is 0 Å². The van der Waals surface area contributed by atoms with Gasteiger partial charge in [-0.2, -0.15) is 5.10 Å². The smallest absolute Gasteiger partial charge is 0.309 e. The van der Waals surface area contributed by atoms with Gasteiger partial charge in [0, 0.05) is 18.6 Å². The van der Waals surface area contributed by atoms with Gasteiger partial charge in [-0.1, -0.05) is 0 Å². The second-order valence-corrected chi connectivity index (χ2v) is 2.87. The monoisotopic (exact) mass is 204 g/mol. The van der Waals surface area contributed by atoms with E-state index in [9.17, 15) is 4.79 Å². The zero-order chi connectivity index (χ0) is 10.7. The van der Waals surface area contributed by atoms with Gasteiger partial charge in [-0.15, -0.1) is 0 Å². The normalized spacial score (nSPS) is 10.1. The molecule has 2 aromatic heterocycles. The predicted octanol–water partition coefficient (Wildman–Crippen LogP) is 0.289. The molecular weight excluding hydrogens is 196 g/mol. The fourth-order valence-electron chi connectivity index (χ4n) is 1.13. The molecule has 0 aliphatic heterocycles. The molecule has 76 valence electrons. The fraction of sp³-hybridized carbons (Fsp3) is 0.111. The molecule has 0 amide bonds. The number of aromatic nitrogens is 4. The highest BCUT2D eigenvalue weighted by Crippen LogP contribution is 2.01. The largest absolute Gasteiger partial charge is 0.481 e. The number of hydrogen-bond donors (Lipinski definition) is 1. The zero-order valence-electron chi connectivity index (χ0n) is 7.74. The average Bonchev–Trinajstić information content (AvgIpc) is 2.67. The van der Waals surface area contributed by atoms with Crippen molar-refractivity contribution in [2.24, 2.45) is 0 Å². The molecule has 0 atom stereocenters. The Morgan fingerprint density at radius 2 is 2.13 bits per heavy atom. The van der Waals surface area contributed by atoms with E-state index in [0.717, 1.165) is 0 Å². The van der Waals surface area contributed by atoms with Crippen molar-refractivity contribution in [3.8, 4) is 5.95 Å². The van der Waals surface area contributed by atoms with Crippen LogP contribution in [0.25, 0.3) is 5.95 Å². The highest BCUT2D eigenvalue weighted by atomic mass is 16.4. The van der Waals surface area contributed by atoms with E-state index in [1.807, 2.05) is 0 Å². The van der Waals surface area contributed by atoms with Crippen molar-refractivity contribution in [2.75, 3.05) is 0 Å². The maximum atomic E-state index is 10.4. The van der Waals surface area contributed by atoms with Crippen LogP contribution in [-0.2, 0) is 11.2 Å². The highest BCUT2D eigenvalue weighted by Gasteiger charge is 2.05. The number of rotatable bonds is 3. The van der Waals surface area contributed by atoms with Gasteiger partial charge in [-0.25, -0.2) is 14.6 Å². The second kappa shape index (κ2) is 3.87. The molecule has 0 aliphatic carbocycles. The Labute approximate surface area is 85.2 Å². The van der Waals surface area contributed by atoms with Crippen LogP contribution in [0.5, 0.6) is 0 Å². The number of hydrogen-bond acceptors (Lipinski definition) is 4. The molecule has 15 heavy (non-hydrogen) atoms. The molecule has 0 aliphatic rings. The van der Waals surface area contributed by atoms with Gasteiger partial charge >= 0.3 is 5.97 Å². The van der Waals surface area contributed by atoms with Crippen molar-refractivity contribution in [1.82, 2.24) is 19.7 Å². The molecule has 0 radical (unpaired) electrons. The first-order chi connectivity index (χ1) is 7.25. The molecule has 0 saturated heterocycles. The van der Waals surface area contributed by atoms with Gasteiger partial charge in [0.15, 0.2) is 0 Å². The number of nitrogens with zero attached hydrogens (tertiary/aromatic N) is 4. The Hall–Kier alpha value is -2.24. The number of carboxylic acid groups (broad SMARTS) is 1. The van der Waals surface area contributed by atoms with Crippen LogP contribution < -0.4 is 0 Å². The minimum atomic E-state index is -0.908. The summed E-state index contributed by atoms with van der Waals surface area (Å²) < 4.78 is 1.44. The number of carboxylic acids is 1. The number of aliphatic carboxylic acids is 1. The molecule has 2 aromatic rings. The van der Waals surface area contributed by atoms with E-state index in [2.05, 4.69) is 15.1 Å². The summed E-state index contributed by atoms with van der Waals surface area (Å²) in [6.45, 7) is 0. The van der Waals surface area contributed by atoms with Crippen LogP contribution in [0.2, 0.25) is 0 Å². The first-order valence-corrected chi connectivity index (χ1v) is 4.29. The van der Waals surface area contributed by atoms with Gasteiger partial charge in [0.25, 0.3) is 0 Å². The van der Waals surface area contributed by atoms with E-state index in [4.69, 9.17) is 5.11 Å². The lowest BCUT2D eigenvalue weighted by atomic mass is 10.3. The van der Waals surface area contributed by atoms with Gasteiger partial charge in [0.2, 0.25) is 5.95 Å². The Morgan fingerprint density at radius 1 is 1.40 bits per heavy atom. The summed E-state index contributed by atoms with van der Waals surface area (Å²) in [7, 11) is 0. The standard InChI is InChI=1S/C9H8N4O2/c14-8(15)6-7-2-5-13(12-7)9-10-3-1-4-11-9/h1-5H,6H2,(H,14,15). The minimum absolute atomic E-state index is 0.0974. The first kappa shape index (κ1) is 9.32.